The lowest BCUT2D eigenvalue weighted by Gasteiger charge is -2.10. The topological polar surface area (TPSA) is 87.4 Å². The number of hydrogen-bond acceptors (Lipinski definition) is 5. The molecule has 6 heteroatoms. The van der Waals surface area contributed by atoms with E-state index >= 15 is 0 Å². The molecule has 6 nitrogen and oxygen atoms in total. The van der Waals surface area contributed by atoms with Crippen LogP contribution in [0.5, 0.6) is 0 Å². The average Bonchev–Trinajstić information content (AvgIpc) is 2.33. The summed E-state index contributed by atoms with van der Waals surface area (Å²) in [5.74, 6) is 0. The molecule has 1 rings (SSSR count). The van der Waals surface area contributed by atoms with Gasteiger partial charge in [-0.1, -0.05) is 6.07 Å². The summed E-state index contributed by atoms with van der Waals surface area (Å²) in [5.41, 5.74) is 1.04. The first kappa shape index (κ1) is 14.2. The van der Waals surface area contributed by atoms with Crippen LogP contribution in [0.15, 0.2) is 18.2 Å². The van der Waals surface area contributed by atoms with Crippen LogP contribution in [0.4, 0.5) is 17.1 Å². The molecule has 0 aliphatic rings. The maximum atomic E-state index is 11.0. The molecule has 0 fully saturated rings. The van der Waals surface area contributed by atoms with Gasteiger partial charge in [0.25, 0.3) is 0 Å². The summed E-state index contributed by atoms with van der Waals surface area (Å²) in [7, 11) is 1.65. The zero-order valence-electron chi connectivity index (χ0n) is 10.6. The summed E-state index contributed by atoms with van der Waals surface area (Å²) in [4.78, 5) is 10.6. The molecule has 0 amide bonds. The summed E-state index contributed by atoms with van der Waals surface area (Å²) in [6.45, 7) is 2.32. The molecule has 1 aromatic rings. The standard InChI is InChI=1S/C12H19N3O3/c1-9(16)5-4-8-14-11-7-3-6-10(13-2)12(11)15(17)18/h3,6-7,9,13-14,16H,4-5,8H2,1-2H3. The van der Waals surface area contributed by atoms with Crippen LogP contribution in [0.25, 0.3) is 0 Å². The predicted molar refractivity (Wildman–Crippen MR) is 72.0 cm³/mol. The van der Waals surface area contributed by atoms with Crippen molar-refractivity contribution in [2.24, 2.45) is 0 Å². The Hall–Kier alpha value is -1.82. The number of para-hydroxylation sites is 1. The minimum absolute atomic E-state index is 0.0528. The van der Waals surface area contributed by atoms with Gasteiger partial charge in [0.2, 0.25) is 0 Å². The third kappa shape index (κ3) is 3.89. The zero-order chi connectivity index (χ0) is 13.5. The number of nitro benzene ring substituents is 1. The normalized spacial score (nSPS) is 11.9. The number of nitrogens with zero attached hydrogens (tertiary/aromatic N) is 1. The molecule has 1 aromatic carbocycles. The SMILES string of the molecule is CNc1cccc(NCCCC(C)O)c1[N+](=O)[O-]. The first-order valence-corrected chi connectivity index (χ1v) is 5.93. The van der Waals surface area contributed by atoms with Crippen molar-refractivity contribution < 1.29 is 10.0 Å². The number of benzene rings is 1. The second-order valence-corrected chi connectivity index (χ2v) is 4.13. The summed E-state index contributed by atoms with van der Waals surface area (Å²) in [5, 5.41) is 26.0. The van der Waals surface area contributed by atoms with Gasteiger partial charge in [0.15, 0.2) is 0 Å². The average molecular weight is 253 g/mol. The molecule has 1 atom stereocenters. The molecule has 0 saturated carbocycles. The molecular weight excluding hydrogens is 234 g/mol. The number of rotatable bonds is 7. The fourth-order valence-corrected chi connectivity index (χ4v) is 1.71. The van der Waals surface area contributed by atoms with Crippen LogP contribution < -0.4 is 10.6 Å². The minimum Gasteiger partial charge on any atom is -0.393 e. The molecule has 0 spiro atoms. The van der Waals surface area contributed by atoms with Crippen molar-refractivity contribution in [3.63, 3.8) is 0 Å². The van der Waals surface area contributed by atoms with E-state index in [2.05, 4.69) is 10.6 Å². The third-order valence-electron chi connectivity index (χ3n) is 2.60. The Morgan fingerprint density at radius 1 is 1.44 bits per heavy atom. The highest BCUT2D eigenvalue weighted by molar-refractivity contribution is 5.75. The van der Waals surface area contributed by atoms with Crippen LogP contribution >= 0.6 is 0 Å². The van der Waals surface area contributed by atoms with E-state index in [9.17, 15) is 10.1 Å². The lowest BCUT2D eigenvalue weighted by atomic mass is 10.2. The van der Waals surface area contributed by atoms with Gasteiger partial charge in [0.1, 0.15) is 11.4 Å². The van der Waals surface area contributed by atoms with Gasteiger partial charge in [-0.15, -0.1) is 0 Å². The van der Waals surface area contributed by atoms with Crippen molar-refractivity contribution in [3.8, 4) is 0 Å². The lowest BCUT2D eigenvalue weighted by molar-refractivity contribution is -0.383. The van der Waals surface area contributed by atoms with E-state index < -0.39 is 4.92 Å². The van der Waals surface area contributed by atoms with Crippen molar-refractivity contribution in [2.75, 3.05) is 24.2 Å². The number of anilines is 2. The van der Waals surface area contributed by atoms with Crippen molar-refractivity contribution in [3.05, 3.63) is 28.3 Å². The molecule has 0 saturated heterocycles. The Morgan fingerprint density at radius 3 is 2.67 bits per heavy atom. The van der Waals surface area contributed by atoms with Gasteiger partial charge >= 0.3 is 5.69 Å². The Labute approximate surface area is 106 Å². The molecular formula is C12H19N3O3. The molecule has 3 N–H and O–H groups in total. The molecule has 0 aliphatic heterocycles. The first-order valence-electron chi connectivity index (χ1n) is 5.93. The maximum absolute atomic E-state index is 11.0. The lowest BCUT2D eigenvalue weighted by Crippen LogP contribution is -2.08. The molecule has 18 heavy (non-hydrogen) atoms. The van der Waals surface area contributed by atoms with Crippen LogP contribution in [0, 0.1) is 10.1 Å². The molecule has 0 bridgehead atoms. The number of aliphatic hydroxyl groups is 1. The quantitative estimate of drug-likeness (QED) is 0.394. The fourth-order valence-electron chi connectivity index (χ4n) is 1.71. The van der Waals surface area contributed by atoms with Gasteiger partial charge in [0.05, 0.1) is 11.0 Å². The van der Waals surface area contributed by atoms with E-state index in [1.165, 1.54) is 0 Å². The molecule has 0 aliphatic carbocycles. The second-order valence-electron chi connectivity index (χ2n) is 4.13. The zero-order valence-corrected chi connectivity index (χ0v) is 10.6. The molecule has 100 valence electrons. The highest BCUT2D eigenvalue weighted by atomic mass is 16.6. The van der Waals surface area contributed by atoms with Crippen molar-refractivity contribution in [2.45, 2.75) is 25.9 Å². The fraction of sp³-hybridized carbons (Fsp3) is 0.500. The monoisotopic (exact) mass is 253 g/mol. The Bertz CT molecular complexity index is 408. The van der Waals surface area contributed by atoms with Crippen LogP contribution in [-0.2, 0) is 0 Å². The van der Waals surface area contributed by atoms with Crippen LogP contribution in [0.2, 0.25) is 0 Å². The van der Waals surface area contributed by atoms with E-state index in [-0.39, 0.29) is 11.8 Å². The number of nitro groups is 1. The van der Waals surface area contributed by atoms with E-state index in [0.717, 1.165) is 6.42 Å². The Balaban J connectivity index is 2.72. The van der Waals surface area contributed by atoms with Crippen molar-refractivity contribution in [1.82, 2.24) is 0 Å². The van der Waals surface area contributed by atoms with Crippen molar-refractivity contribution in [1.29, 1.82) is 0 Å². The van der Waals surface area contributed by atoms with E-state index in [1.54, 1.807) is 32.2 Å². The predicted octanol–water partition coefficient (Wildman–Crippen LogP) is 2.21. The highest BCUT2D eigenvalue weighted by Crippen LogP contribution is 2.32. The second kappa shape index (κ2) is 6.80. The summed E-state index contributed by atoms with van der Waals surface area (Å²) >= 11 is 0. The van der Waals surface area contributed by atoms with Gasteiger partial charge in [-0.3, -0.25) is 10.1 Å². The van der Waals surface area contributed by atoms with Gasteiger partial charge in [-0.05, 0) is 31.9 Å². The Morgan fingerprint density at radius 2 is 2.11 bits per heavy atom. The number of hydrogen-bond donors (Lipinski definition) is 3. The van der Waals surface area contributed by atoms with E-state index in [4.69, 9.17) is 5.11 Å². The third-order valence-corrected chi connectivity index (χ3v) is 2.60. The number of aliphatic hydroxyl groups excluding tert-OH is 1. The van der Waals surface area contributed by atoms with Gasteiger partial charge < -0.3 is 15.7 Å². The maximum Gasteiger partial charge on any atom is 0.315 e. The van der Waals surface area contributed by atoms with Gasteiger partial charge in [-0.25, -0.2) is 0 Å². The Kier molecular flexibility index (Phi) is 5.38. The van der Waals surface area contributed by atoms with Gasteiger partial charge in [0, 0.05) is 13.6 Å². The molecule has 0 radical (unpaired) electrons. The molecule has 0 heterocycles. The van der Waals surface area contributed by atoms with Crippen LogP contribution in [0.1, 0.15) is 19.8 Å². The smallest absolute Gasteiger partial charge is 0.315 e. The summed E-state index contributed by atoms with van der Waals surface area (Å²) < 4.78 is 0. The van der Waals surface area contributed by atoms with Crippen LogP contribution in [0.3, 0.4) is 0 Å². The largest absolute Gasteiger partial charge is 0.393 e. The summed E-state index contributed by atoms with van der Waals surface area (Å²) in [6, 6.07) is 5.11. The van der Waals surface area contributed by atoms with Crippen molar-refractivity contribution >= 4 is 17.1 Å². The summed E-state index contributed by atoms with van der Waals surface area (Å²) in [6.07, 6.45) is 1.09. The van der Waals surface area contributed by atoms with E-state index in [0.29, 0.717) is 24.3 Å². The molecule has 1 unspecified atom stereocenters. The van der Waals surface area contributed by atoms with E-state index in [1.807, 2.05) is 0 Å². The first-order chi connectivity index (χ1) is 8.56. The highest BCUT2D eigenvalue weighted by Gasteiger charge is 2.18. The molecule has 0 aromatic heterocycles. The van der Waals surface area contributed by atoms with Gasteiger partial charge in [-0.2, -0.15) is 0 Å². The number of nitrogens with one attached hydrogen (secondary N) is 2. The minimum atomic E-state index is -0.400. The van der Waals surface area contributed by atoms with Crippen LogP contribution in [-0.4, -0.2) is 29.7 Å².